The Morgan fingerprint density at radius 3 is 2.50 bits per heavy atom. The first-order valence-electron chi connectivity index (χ1n) is 5.30. The maximum atomic E-state index is 11.8. The second-order valence-electron chi connectivity index (χ2n) is 3.92. The van der Waals surface area contributed by atoms with Crippen molar-refractivity contribution in [2.45, 2.75) is 6.92 Å². The average molecular weight is 265 g/mol. The Morgan fingerprint density at radius 2 is 1.94 bits per heavy atom. The molecule has 0 aliphatic heterocycles. The van der Waals surface area contributed by atoms with Crippen LogP contribution in [0.15, 0.2) is 24.3 Å². The molecule has 0 spiro atoms. The maximum Gasteiger partial charge on any atom is 0.253 e. The van der Waals surface area contributed by atoms with Crippen molar-refractivity contribution in [3.8, 4) is 0 Å². The van der Waals surface area contributed by atoms with Gasteiger partial charge in [-0.3, -0.25) is 9.59 Å². The van der Waals surface area contributed by atoms with Gasteiger partial charge in [-0.25, -0.2) is 0 Å². The van der Waals surface area contributed by atoms with E-state index in [1.54, 1.807) is 38.4 Å². The molecular weight excluding hydrogens is 250 g/mol. The van der Waals surface area contributed by atoms with Gasteiger partial charge in [-0.05, 0) is 30.4 Å². The third-order valence-electron chi connectivity index (χ3n) is 2.06. The fourth-order valence-electron chi connectivity index (χ4n) is 1.31. The average Bonchev–Trinajstić information content (AvgIpc) is 2.26. The zero-order valence-corrected chi connectivity index (χ0v) is 11.3. The van der Waals surface area contributed by atoms with Crippen molar-refractivity contribution >= 4 is 34.8 Å². The molecular formula is C12H15N3O2S. The molecule has 2 N–H and O–H groups in total. The summed E-state index contributed by atoms with van der Waals surface area (Å²) in [6.07, 6.45) is 0. The SMILES string of the molecule is CC(=O)NC(=S)Nc1cccc(C(=O)N(C)C)c1. The van der Waals surface area contributed by atoms with Gasteiger partial charge in [0.1, 0.15) is 0 Å². The van der Waals surface area contributed by atoms with Crippen molar-refractivity contribution in [1.82, 2.24) is 10.2 Å². The minimum Gasteiger partial charge on any atom is -0.345 e. The lowest BCUT2D eigenvalue weighted by atomic mass is 10.2. The van der Waals surface area contributed by atoms with Crippen molar-refractivity contribution < 1.29 is 9.59 Å². The van der Waals surface area contributed by atoms with Gasteiger partial charge in [0.05, 0.1) is 0 Å². The maximum absolute atomic E-state index is 11.8. The van der Waals surface area contributed by atoms with E-state index in [-0.39, 0.29) is 16.9 Å². The largest absolute Gasteiger partial charge is 0.345 e. The Balaban J connectivity index is 2.80. The molecule has 0 heterocycles. The summed E-state index contributed by atoms with van der Waals surface area (Å²) >= 11 is 4.93. The number of carbonyl (C=O) groups excluding carboxylic acids is 2. The Bertz CT molecular complexity index is 486. The highest BCUT2D eigenvalue weighted by Gasteiger charge is 2.08. The van der Waals surface area contributed by atoms with Gasteiger partial charge in [-0.1, -0.05) is 6.07 Å². The molecule has 5 nitrogen and oxygen atoms in total. The van der Waals surface area contributed by atoms with Crippen LogP contribution >= 0.6 is 12.2 Å². The molecule has 0 aliphatic rings. The Morgan fingerprint density at radius 1 is 1.28 bits per heavy atom. The summed E-state index contributed by atoms with van der Waals surface area (Å²) in [5.41, 5.74) is 1.21. The van der Waals surface area contributed by atoms with Gasteiger partial charge in [0, 0.05) is 32.3 Å². The molecule has 1 aromatic carbocycles. The zero-order chi connectivity index (χ0) is 13.7. The second-order valence-corrected chi connectivity index (χ2v) is 4.32. The van der Waals surface area contributed by atoms with Crippen LogP contribution in [0.3, 0.4) is 0 Å². The zero-order valence-electron chi connectivity index (χ0n) is 10.5. The van der Waals surface area contributed by atoms with E-state index in [0.717, 1.165) is 0 Å². The molecule has 1 aromatic rings. The summed E-state index contributed by atoms with van der Waals surface area (Å²) in [6.45, 7) is 1.37. The normalized spacial score (nSPS) is 9.50. The molecule has 0 atom stereocenters. The molecule has 0 aliphatic carbocycles. The van der Waals surface area contributed by atoms with Gasteiger partial charge in [0.15, 0.2) is 5.11 Å². The number of hydrogen-bond donors (Lipinski definition) is 2. The van der Waals surface area contributed by atoms with Gasteiger partial charge in [0.25, 0.3) is 5.91 Å². The van der Waals surface area contributed by atoms with E-state index in [1.165, 1.54) is 11.8 Å². The van der Waals surface area contributed by atoms with Crippen molar-refractivity contribution in [1.29, 1.82) is 0 Å². The number of carbonyl (C=O) groups is 2. The number of nitrogens with zero attached hydrogens (tertiary/aromatic N) is 1. The second kappa shape index (κ2) is 6.11. The number of amides is 2. The van der Waals surface area contributed by atoms with Crippen LogP contribution in [-0.2, 0) is 4.79 Å². The van der Waals surface area contributed by atoms with Crippen LogP contribution < -0.4 is 10.6 Å². The molecule has 0 aromatic heterocycles. The van der Waals surface area contributed by atoms with Crippen LogP contribution in [0.25, 0.3) is 0 Å². The number of hydrogen-bond acceptors (Lipinski definition) is 3. The first-order valence-corrected chi connectivity index (χ1v) is 5.71. The van der Waals surface area contributed by atoms with Crippen molar-refractivity contribution in [2.24, 2.45) is 0 Å². The number of benzene rings is 1. The Labute approximate surface area is 111 Å². The van der Waals surface area contributed by atoms with Gasteiger partial charge in [-0.2, -0.15) is 0 Å². The van der Waals surface area contributed by atoms with Gasteiger partial charge in [0.2, 0.25) is 5.91 Å². The predicted molar refractivity (Wildman–Crippen MR) is 74.5 cm³/mol. The summed E-state index contributed by atoms with van der Waals surface area (Å²) in [5.74, 6) is -0.336. The van der Waals surface area contributed by atoms with Gasteiger partial charge in [-0.15, -0.1) is 0 Å². The summed E-state index contributed by atoms with van der Waals surface area (Å²) in [6, 6.07) is 6.90. The highest BCUT2D eigenvalue weighted by atomic mass is 32.1. The van der Waals surface area contributed by atoms with E-state index in [0.29, 0.717) is 11.3 Å². The molecule has 0 bridgehead atoms. The lowest BCUT2D eigenvalue weighted by Crippen LogP contribution is -2.32. The predicted octanol–water partition coefficient (Wildman–Crippen LogP) is 1.22. The standard InChI is InChI=1S/C12H15N3O2S/c1-8(16)13-12(18)14-10-6-4-5-9(7-10)11(17)15(2)3/h4-7H,1-3H3,(H2,13,14,16,18). The quantitative estimate of drug-likeness (QED) is 0.789. The van der Waals surface area contributed by atoms with Crippen LogP contribution in [-0.4, -0.2) is 35.9 Å². The molecule has 0 radical (unpaired) electrons. The number of anilines is 1. The molecule has 0 saturated heterocycles. The molecule has 0 unspecified atom stereocenters. The molecule has 0 saturated carbocycles. The number of thiocarbonyl (C=S) groups is 1. The minimum atomic E-state index is -0.243. The lowest BCUT2D eigenvalue weighted by Gasteiger charge is -2.12. The highest BCUT2D eigenvalue weighted by molar-refractivity contribution is 7.80. The monoisotopic (exact) mass is 265 g/mol. The molecule has 18 heavy (non-hydrogen) atoms. The Kier molecular flexibility index (Phi) is 4.79. The molecule has 6 heteroatoms. The first-order chi connectivity index (χ1) is 8.40. The summed E-state index contributed by atoms with van der Waals surface area (Å²) in [4.78, 5) is 24.1. The van der Waals surface area contributed by atoms with E-state index < -0.39 is 0 Å². The van der Waals surface area contributed by atoms with Crippen LogP contribution in [0.4, 0.5) is 5.69 Å². The summed E-state index contributed by atoms with van der Waals surface area (Å²) < 4.78 is 0. The van der Waals surface area contributed by atoms with Gasteiger partial charge >= 0.3 is 0 Å². The minimum absolute atomic E-state index is 0.0934. The summed E-state index contributed by atoms with van der Waals surface area (Å²) in [7, 11) is 3.37. The lowest BCUT2D eigenvalue weighted by molar-refractivity contribution is -0.117. The van der Waals surface area contributed by atoms with Crippen molar-refractivity contribution in [3.05, 3.63) is 29.8 Å². The van der Waals surface area contributed by atoms with Crippen LogP contribution in [0.2, 0.25) is 0 Å². The van der Waals surface area contributed by atoms with Crippen molar-refractivity contribution in [2.75, 3.05) is 19.4 Å². The van der Waals surface area contributed by atoms with Crippen LogP contribution in [0.1, 0.15) is 17.3 Å². The van der Waals surface area contributed by atoms with E-state index >= 15 is 0 Å². The molecule has 2 amide bonds. The third kappa shape index (κ3) is 4.14. The molecule has 1 rings (SSSR count). The molecule has 96 valence electrons. The highest BCUT2D eigenvalue weighted by Crippen LogP contribution is 2.11. The Hall–Kier alpha value is -1.95. The summed E-state index contributed by atoms with van der Waals surface area (Å²) in [5, 5.41) is 5.49. The number of rotatable bonds is 2. The van der Waals surface area contributed by atoms with E-state index in [4.69, 9.17) is 12.2 Å². The molecule has 0 fully saturated rings. The fraction of sp³-hybridized carbons (Fsp3) is 0.250. The van der Waals surface area contributed by atoms with E-state index in [1.807, 2.05) is 0 Å². The van der Waals surface area contributed by atoms with Crippen LogP contribution in [0, 0.1) is 0 Å². The van der Waals surface area contributed by atoms with E-state index in [9.17, 15) is 9.59 Å². The van der Waals surface area contributed by atoms with Crippen molar-refractivity contribution in [3.63, 3.8) is 0 Å². The van der Waals surface area contributed by atoms with Crippen LogP contribution in [0.5, 0.6) is 0 Å². The third-order valence-corrected chi connectivity index (χ3v) is 2.27. The first kappa shape index (κ1) is 14.1. The smallest absolute Gasteiger partial charge is 0.253 e. The topological polar surface area (TPSA) is 61.4 Å². The fourth-order valence-corrected chi connectivity index (χ4v) is 1.57. The van der Waals surface area contributed by atoms with Gasteiger partial charge < -0.3 is 15.5 Å². The van der Waals surface area contributed by atoms with E-state index in [2.05, 4.69) is 10.6 Å². The number of nitrogens with one attached hydrogen (secondary N) is 2.